The fraction of sp³-hybridized carbons (Fsp3) is 0.529. The molecule has 0 spiro atoms. The Labute approximate surface area is 136 Å². The number of nitrogens with zero attached hydrogens (tertiary/aromatic N) is 1. The molecule has 126 valence electrons. The summed E-state index contributed by atoms with van der Waals surface area (Å²) in [4.78, 5) is 26.1. The zero-order valence-electron chi connectivity index (χ0n) is 13.5. The van der Waals surface area contributed by atoms with Crippen molar-refractivity contribution in [1.82, 2.24) is 15.5 Å². The molecular formula is C17H24FN3O2. The quantitative estimate of drug-likeness (QED) is 0.836. The Bertz CT molecular complexity index is 542. The number of halogens is 1. The van der Waals surface area contributed by atoms with E-state index in [2.05, 4.69) is 22.5 Å². The molecule has 0 saturated carbocycles. The van der Waals surface area contributed by atoms with E-state index in [1.807, 2.05) is 0 Å². The maximum Gasteiger partial charge on any atom is 0.254 e. The molecular weight excluding hydrogens is 297 g/mol. The number of benzene rings is 1. The van der Waals surface area contributed by atoms with Gasteiger partial charge in [-0.1, -0.05) is 19.1 Å². The van der Waals surface area contributed by atoms with Crippen molar-refractivity contribution in [3.8, 4) is 0 Å². The number of hydrogen-bond donors (Lipinski definition) is 2. The van der Waals surface area contributed by atoms with Crippen LogP contribution >= 0.6 is 0 Å². The molecule has 0 radical (unpaired) electrons. The van der Waals surface area contributed by atoms with E-state index in [0.717, 1.165) is 38.9 Å². The second-order valence-electron chi connectivity index (χ2n) is 5.85. The monoisotopic (exact) mass is 321 g/mol. The van der Waals surface area contributed by atoms with Gasteiger partial charge in [0.15, 0.2) is 0 Å². The highest BCUT2D eigenvalue weighted by molar-refractivity contribution is 5.96. The summed E-state index contributed by atoms with van der Waals surface area (Å²) in [5.41, 5.74) is -0.0480. The smallest absolute Gasteiger partial charge is 0.254 e. The first-order chi connectivity index (χ1) is 11.1. The van der Waals surface area contributed by atoms with Gasteiger partial charge in [-0.3, -0.25) is 9.59 Å². The van der Waals surface area contributed by atoms with Crippen LogP contribution in [0.2, 0.25) is 0 Å². The number of carbonyl (C=O) groups is 2. The second-order valence-corrected chi connectivity index (χ2v) is 5.85. The van der Waals surface area contributed by atoms with E-state index in [1.54, 1.807) is 6.07 Å². The Balaban J connectivity index is 1.71. The molecule has 1 heterocycles. The SMILES string of the molecule is CCCN1CCC(NC(=O)CNC(=O)c2ccccc2F)CC1. The molecule has 1 aliphatic rings. The van der Waals surface area contributed by atoms with Crippen molar-refractivity contribution < 1.29 is 14.0 Å². The van der Waals surface area contributed by atoms with Gasteiger partial charge >= 0.3 is 0 Å². The van der Waals surface area contributed by atoms with E-state index in [9.17, 15) is 14.0 Å². The minimum Gasteiger partial charge on any atom is -0.352 e. The average Bonchev–Trinajstić information content (AvgIpc) is 2.55. The van der Waals surface area contributed by atoms with Crippen molar-refractivity contribution in [2.24, 2.45) is 0 Å². The van der Waals surface area contributed by atoms with E-state index in [4.69, 9.17) is 0 Å². The van der Waals surface area contributed by atoms with E-state index in [0.29, 0.717) is 0 Å². The van der Waals surface area contributed by atoms with Gasteiger partial charge in [-0.15, -0.1) is 0 Å². The molecule has 23 heavy (non-hydrogen) atoms. The van der Waals surface area contributed by atoms with E-state index in [1.165, 1.54) is 18.2 Å². The van der Waals surface area contributed by atoms with Gasteiger partial charge in [0.2, 0.25) is 5.91 Å². The Hall–Kier alpha value is -1.95. The van der Waals surface area contributed by atoms with Crippen molar-refractivity contribution in [2.75, 3.05) is 26.2 Å². The molecule has 0 aliphatic carbocycles. The maximum absolute atomic E-state index is 13.5. The van der Waals surface area contributed by atoms with Gasteiger partial charge in [0.25, 0.3) is 5.91 Å². The van der Waals surface area contributed by atoms with Crippen LogP contribution in [-0.2, 0) is 4.79 Å². The van der Waals surface area contributed by atoms with Crippen molar-refractivity contribution >= 4 is 11.8 Å². The molecule has 6 heteroatoms. The number of carbonyl (C=O) groups excluding carboxylic acids is 2. The van der Waals surface area contributed by atoms with Crippen LogP contribution in [0.15, 0.2) is 24.3 Å². The molecule has 2 amide bonds. The molecule has 1 aromatic rings. The molecule has 5 nitrogen and oxygen atoms in total. The molecule has 1 fully saturated rings. The summed E-state index contributed by atoms with van der Waals surface area (Å²) < 4.78 is 13.5. The maximum atomic E-state index is 13.5. The van der Waals surface area contributed by atoms with Crippen LogP contribution in [-0.4, -0.2) is 48.9 Å². The summed E-state index contributed by atoms with van der Waals surface area (Å²) in [6.45, 7) is 5.09. The molecule has 0 aromatic heterocycles. The van der Waals surface area contributed by atoms with Gasteiger partial charge in [0.05, 0.1) is 12.1 Å². The lowest BCUT2D eigenvalue weighted by molar-refractivity contribution is -0.121. The Morgan fingerprint density at radius 3 is 2.61 bits per heavy atom. The van der Waals surface area contributed by atoms with Crippen molar-refractivity contribution in [3.05, 3.63) is 35.6 Å². The molecule has 2 rings (SSSR count). The lowest BCUT2D eigenvalue weighted by atomic mass is 10.0. The molecule has 0 atom stereocenters. The summed E-state index contributed by atoms with van der Waals surface area (Å²) in [5, 5.41) is 5.39. The van der Waals surface area contributed by atoms with Crippen LogP contribution in [0.1, 0.15) is 36.5 Å². The first-order valence-electron chi connectivity index (χ1n) is 8.14. The highest BCUT2D eigenvalue weighted by Gasteiger charge is 2.20. The topological polar surface area (TPSA) is 61.4 Å². The zero-order chi connectivity index (χ0) is 16.7. The normalized spacial score (nSPS) is 16.1. The predicted octanol–water partition coefficient (Wildman–Crippen LogP) is 1.55. The zero-order valence-corrected chi connectivity index (χ0v) is 13.5. The first-order valence-corrected chi connectivity index (χ1v) is 8.14. The molecule has 1 aliphatic heterocycles. The van der Waals surface area contributed by atoms with Gasteiger partial charge in [-0.2, -0.15) is 0 Å². The summed E-state index contributed by atoms with van der Waals surface area (Å²) in [6, 6.07) is 5.87. The number of hydrogen-bond acceptors (Lipinski definition) is 3. The molecule has 0 bridgehead atoms. The van der Waals surface area contributed by atoms with Crippen LogP contribution in [0.25, 0.3) is 0 Å². The molecule has 2 N–H and O–H groups in total. The van der Waals surface area contributed by atoms with Crippen molar-refractivity contribution in [2.45, 2.75) is 32.2 Å². The average molecular weight is 321 g/mol. The largest absolute Gasteiger partial charge is 0.352 e. The highest BCUT2D eigenvalue weighted by atomic mass is 19.1. The van der Waals surface area contributed by atoms with Gasteiger partial charge in [-0.05, 0) is 37.9 Å². The van der Waals surface area contributed by atoms with Crippen LogP contribution in [0.5, 0.6) is 0 Å². The standard InChI is InChI=1S/C17H24FN3O2/c1-2-9-21-10-7-13(8-11-21)20-16(22)12-19-17(23)14-5-3-4-6-15(14)18/h3-6,13H,2,7-12H2,1H3,(H,19,23)(H,20,22). The van der Waals surface area contributed by atoms with Crippen LogP contribution < -0.4 is 10.6 Å². The summed E-state index contributed by atoms with van der Waals surface area (Å²) in [7, 11) is 0. The third-order valence-electron chi connectivity index (χ3n) is 4.02. The molecule has 1 saturated heterocycles. The lowest BCUT2D eigenvalue weighted by Gasteiger charge is -2.32. The Morgan fingerprint density at radius 2 is 1.96 bits per heavy atom. The second kappa shape index (κ2) is 8.62. The Kier molecular flexibility index (Phi) is 6.52. The van der Waals surface area contributed by atoms with Crippen LogP contribution in [0.3, 0.4) is 0 Å². The third kappa shape index (κ3) is 5.32. The van der Waals surface area contributed by atoms with E-state index in [-0.39, 0.29) is 24.1 Å². The minimum absolute atomic E-state index is 0.0480. The fourth-order valence-electron chi connectivity index (χ4n) is 2.80. The van der Waals surface area contributed by atoms with E-state index >= 15 is 0 Å². The number of piperidine rings is 1. The summed E-state index contributed by atoms with van der Waals surface area (Å²) >= 11 is 0. The van der Waals surface area contributed by atoms with Gasteiger partial charge < -0.3 is 15.5 Å². The number of nitrogens with one attached hydrogen (secondary N) is 2. The minimum atomic E-state index is -0.589. The highest BCUT2D eigenvalue weighted by Crippen LogP contribution is 2.10. The van der Waals surface area contributed by atoms with E-state index < -0.39 is 11.7 Å². The fourth-order valence-corrected chi connectivity index (χ4v) is 2.80. The lowest BCUT2D eigenvalue weighted by Crippen LogP contribution is -2.47. The summed E-state index contributed by atoms with van der Waals surface area (Å²) in [5.74, 6) is -1.40. The van der Waals surface area contributed by atoms with Gasteiger partial charge in [0, 0.05) is 19.1 Å². The number of amides is 2. The predicted molar refractivity (Wildman–Crippen MR) is 86.6 cm³/mol. The van der Waals surface area contributed by atoms with Crippen LogP contribution in [0, 0.1) is 5.82 Å². The molecule has 0 unspecified atom stereocenters. The van der Waals surface area contributed by atoms with Gasteiger partial charge in [-0.25, -0.2) is 4.39 Å². The summed E-state index contributed by atoms with van der Waals surface area (Å²) in [6.07, 6.45) is 2.99. The Morgan fingerprint density at radius 1 is 1.26 bits per heavy atom. The van der Waals surface area contributed by atoms with Gasteiger partial charge in [0.1, 0.15) is 5.82 Å². The number of likely N-dealkylation sites (tertiary alicyclic amines) is 1. The van der Waals surface area contributed by atoms with Crippen molar-refractivity contribution in [3.63, 3.8) is 0 Å². The van der Waals surface area contributed by atoms with Crippen molar-refractivity contribution in [1.29, 1.82) is 0 Å². The molecule has 1 aromatic carbocycles. The number of rotatable bonds is 6. The third-order valence-corrected chi connectivity index (χ3v) is 4.02. The first kappa shape index (κ1) is 17.4. The van der Waals surface area contributed by atoms with Crippen LogP contribution in [0.4, 0.5) is 4.39 Å².